The lowest BCUT2D eigenvalue weighted by Gasteiger charge is -2.32. The van der Waals surface area contributed by atoms with Gasteiger partial charge in [-0.2, -0.15) is 11.8 Å². The number of carbonyl (C=O) groups is 5. The summed E-state index contributed by atoms with van der Waals surface area (Å²) < 4.78 is 0. The number of thioether (sulfide) groups is 1. The molecule has 17 heteroatoms. The molecule has 3 fully saturated rings. The molecule has 49 heavy (non-hydrogen) atoms. The number of amides is 3. The number of aliphatic carboxylic acids is 3. The molecule has 0 aliphatic carbocycles. The van der Waals surface area contributed by atoms with E-state index in [1.807, 2.05) is 16.7 Å². The van der Waals surface area contributed by atoms with E-state index in [2.05, 4.69) is 21.3 Å². The van der Waals surface area contributed by atoms with Gasteiger partial charge in [0.05, 0.1) is 38.3 Å². The second-order valence-electron chi connectivity index (χ2n) is 13.3. The van der Waals surface area contributed by atoms with E-state index < -0.39 is 17.9 Å². The highest BCUT2D eigenvalue weighted by Crippen LogP contribution is 2.33. The maximum Gasteiger partial charge on any atom is 0.317 e. The maximum absolute atomic E-state index is 12.8. The Hall–Kier alpha value is -2.70. The Morgan fingerprint density at radius 1 is 0.633 bits per heavy atom. The number of unbranched alkanes of at least 4 members (excludes halogenated alkanes) is 5. The molecule has 280 valence electrons. The van der Waals surface area contributed by atoms with Crippen molar-refractivity contribution in [2.24, 2.45) is 0 Å². The largest absolute Gasteiger partial charge is 0.480 e. The van der Waals surface area contributed by atoms with Gasteiger partial charge in [0.15, 0.2) is 0 Å². The zero-order valence-corrected chi connectivity index (χ0v) is 29.6. The first-order chi connectivity index (χ1) is 23.6. The molecule has 0 aromatic rings. The number of carbonyl (C=O) groups excluding carboxylic acids is 2. The second-order valence-corrected chi connectivity index (χ2v) is 14.5. The van der Waals surface area contributed by atoms with Gasteiger partial charge in [0.1, 0.15) is 0 Å². The van der Waals surface area contributed by atoms with E-state index in [1.165, 1.54) is 12.8 Å². The highest BCUT2D eigenvalue weighted by molar-refractivity contribution is 8.00. The van der Waals surface area contributed by atoms with Gasteiger partial charge in [-0.05, 0) is 38.8 Å². The highest BCUT2D eigenvalue weighted by Gasteiger charge is 2.42. The van der Waals surface area contributed by atoms with Crippen LogP contribution in [0.15, 0.2) is 0 Å². The summed E-state index contributed by atoms with van der Waals surface area (Å²) >= 11 is 1.97. The van der Waals surface area contributed by atoms with Crippen LogP contribution in [0.1, 0.15) is 51.4 Å². The minimum atomic E-state index is -0.998. The third-order valence-corrected chi connectivity index (χ3v) is 10.8. The lowest BCUT2D eigenvalue weighted by molar-refractivity contribution is -0.140. The fraction of sp³-hybridized carbons (Fsp3) is 0.844. The average Bonchev–Trinajstić information content (AvgIpc) is 3.59. The number of rotatable bonds is 21. The van der Waals surface area contributed by atoms with E-state index in [9.17, 15) is 39.3 Å². The summed E-state index contributed by atoms with van der Waals surface area (Å²) in [5, 5.41) is 41.2. The predicted octanol–water partition coefficient (Wildman–Crippen LogP) is -0.546. The number of urea groups is 1. The van der Waals surface area contributed by atoms with Crippen molar-refractivity contribution >= 4 is 41.6 Å². The van der Waals surface area contributed by atoms with E-state index >= 15 is 0 Å². The lowest BCUT2D eigenvalue weighted by atomic mass is 10.0. The van der Waals surface area contributed by atoms with E-state index in [4.69, 9.17) is 0 Å². The van der Waals surface area contributed by atoms with Crippen LogP contribution in [0.3, 0.4) is 0 Å². The summed E-state index contributed by atoms with van der Waals surface area (Å²) in [5.74, 6) is -2.07. The van der Waals surface area contributed by atoms with Crippen LogP contribution in [0.5, 0.6) is 0 Å². The predicted molar refractivity (Wildman–Crippen MR) is 187 cm³/mol. The van der Waals surface area contributed by atoms with Gasteiger partial charge in [-0.1, -0.05) is 25.7 Å². The Morgan fingerprint density at radius 2 is 1.08 bits per heavy atom. The fourth-order valence-electron chi connectivity index (χ4n) is 6.54. The van der Waals surface area contributed by atoms with Crippen molar-refractivity contribution in [2.45, 2.75) is 68.7 Å². The fourth-order valence-corrected chi connectivity index (χ4v) is 8.08. The first-order valence-corrected chi connectivity index (χ1v) is 18.8. The summed E-state index contributed by atoms with van der Waals surface area (Å²) in [7, 11) is 0. The Morgan fingerprint density at radius 3 is 1.57 bits per heavy atom. The van der Waals surface area contributed by atoms with Gasteiger partial charge in [-0.15, -0.1) is 0 Å². The van der Waals surface area contributed by atoms with Crippen molar-refractivity contribution in [3.05, 3.63) is 0 Å². The number of nitrogens with zero attached hydrogens (tertiary/aromatic N) is 4. The van der Waals surface area contributed by atoms with Crippen molar-refractivity contribution in [3.8, 4) is 0 Å². The van der Waals surface area contributed by atoms with Gasteiger partial charge in [-0.25, -0.2) is 4.79 Å². The molecule has 0 aromatic carbocycles. The van der Waals surface area contributed by atoms with Crippen molar-refractivity contribution in [2.75, 3.05) is 104 Å². The molecular formula is C32H58N8O8S. The molecule has 3 aliphatic heterocycles. The summed E-state index contributed by atoms with van der Waals surface area (Å²) in [6, 6.07) is 0.557. The average molecular weight is 715 g/mol. The van der Waals surface area contributed by atoms with E-state index in [0.717, 1.165) is 57.4 Å². The van der Waals surface area contributed by atoms with Crippen LogP contribution in [-0.4, -0.2) is 186 Å². The molecule has 0 bridgehead atoms. The van der Waals surface area contributed by atoms with Crippen LogP contribution < -0.4 is 21.3 Å². The summed E-state index contributed by atoms with van der Waals surface area (Å²) in [6.45, 7) is 5.07. The topological polar surface area (TPSA) is 207 Å². The standard InChI is InChI=1S/C32H58N8O8S/c41-27(34-11-7-2-1-5-9-33-10-6-3-4-8-26-31-25(24-49-26)35-32(48)36-31)20-37-12-14-38(21-28(42)43)16-18-40(23-30(46)47)19-17-39(15-13-37)22-29(44)45/h25-26,31,33H,1-24H2,(H,34,41)(H,42,43)(H,44,45)(H,46,47)(H2,35,36,48)/t25?,26-,31-/m0/s1. The SMILES string of the molecule is O=C(O)CN1CCN(CC(=O)O)CCN(CC(=O)NCCCCCCNCCCCC[C@@H]2SCC3NC(=O)N[C@@H]32)CCN(CC(=O)O)CC1. The van der Waals surface area contributed by atoms with Crippen molar-refractivity contribution in [1.82, 2.24) is 40.9 Å². The van der Waals surface area contributed by atoms with Gasteiger partial charge in [-0.3, -0.25) is 38.8 Å². The molecule has 3 aliphatic rings. The number of carboxylic acids is 3. The molecular weight excluding hydrogens is 656 g/mol. The first kappa shape index (κ1) is 40.7. The Labute approximate surface area is 294 Å². The normalized spacial score (nSPS) is 23.2. The summed E-state index contributed by atoms with van der Waals surface area (Å²) in [4.78, 5) is 65.7. The van der Waals surface area contributed by atoms with Crippen molar-refractivity contribution in [1.29, 1.82) is 0 Å². The molecule has 1 unspecified atom stereocenters. The molecule has 3 heterocycles. The molecule has 0 saturated carbocycles. The molecule has 3 atom stereocenters. The Kier molecular flexibility index (Phi) is 19.0. The minimum Gasteiger partial charge on any atom is -0.480 e. The quantitative estimate of drug-likeness (QED) is 0.0589. The Bertz CT molecular complexity index is 1030. The van der Waals surface area contributed by atoms with Gasteiger partial charge >= 0.3 is 23.9 Å². The maximum atomic E-state index is 12.8. The van der Waals surface area contributed by atoms with Crippen LogP contribution >= 0.6 is 11.8 Å². The van der Waals surface area contributed by atoms with Gasteiger partial charge in [0, 0.05) is 69.9 Å². The van der Waals surface area contributed by atoms with Crippen LogP contribution in [-0.2, 0) is 19.2 Å². The number of carboxylic acid groups (broad SMARTS) is 3. The number of hydrogen-bond donors (Lipinski definition) is 7. The van der Waals surface area contributed by atoms with Crippen LogP contribution in [0.25, 0.3) is 0 Å². The zero-order valence-electron chi connectivity index (χ0n) is 28.8. The Balaban J connectivity index is 1.27. The number of hydrogen-bond acceptors (Lipinski definition) is 11. The molecule has 3 saturated heterocycles. The number of nitrogens with one attached hydrogen (secondary N) is 4. The van der Waals surface area contributed by atoms with Crippen LogP contribution in [0.4, 0.5) is 4.79 Å². The smallest absolute Gasteiger partial charge is 0.317 e. The molecule has 16 nitrogen and oxygen atoms in total. The third kappa shape index (κ3) is 17.2. The molecule has 3 rings (SSSR count). The zero-order chi connectivity index (χ0) is 35.4. The van der Waals surface area contributed by atoms with Gasteiger partial charge in [0.25, 0.3) is 0 Å². The van der Waals surface area contributed by atoms with Crippen LogP contribution in [0.2, 0.25) is 0 Å². The van der Waals surface area contributed by atoms with Gasteiger partial charge < -0.3 is 36.6 Å². The van der Waals surface area contributed by atoms with E-state index in [1.54, 1.807) is 14.7 Å². The number of fused-ring (bicyclic) bond motifs is 1. The summed E-state index contributed by atoms with van der Waals surface area (Å²) in [5.41, 5.74) is 0. The van der Waals surface area contributed by atoms with E-state index in [-0.39, 0.29) is 44.2 Å². The molecule has 0 radical (unpaired) electrons. The second kappa shape index (κ2) is 22.9. The molecule has 3 amide bonds. The highest BCUT2D eigenvalue weighted by atomic mass is 32.2. The third-order valence-electron chi connectivity index (χ3n) is 9.26. The monoisotopic (exact) mass is 714 g/mol. The van der Waals surface area contributed by atoms with Gasteiger partial charge in [0.2, 0.25) is 5.91 Å². The molecule has 7 N–H and O–H groups in total. The van der Waals surface area contributed by atoms with E-state index in [0.29, 0.717) is 70.2 Å². The molecule has 0 aromatic heterocycles. The first-order valence-electron chi connectivity index (χ1n) is 17.8. The minimum absolute atomic E-state index is 0.0244. The summed E-state index contributed by atoms with van der Waals surface area (Å²) in [6.07, 6.45) is 8.75. The van der Waals surface area contributed by atoms with Crippen molar-refractivity contribution in [3.63, 3.8) is 0 Å². The molecule has 0 spiro atoms. The van der Waals surface area contributed by atoms with Crippen molar-refractivity contribution < 1.29 is 39.3 Å². The van der Waals surface area contributed by atoms with Crippen LogP contribution in [0, 0.1) is 0 Å². The lowest BCUT2D eigenvalue weighted by Crippen LogP contribution is -2.49.